The number of hydrogen-bond acceptors (Lipinski definition) is 11. The Kier molecular flexibility index (Phi) is 12.7. The monoisotopic (exact) mass is 860 g/mol. The summed E-state index contributed by atoms with van der Waals surface area (Å²) in [6, 6.07) is 19.4. The lowest BCUT2D eigenvalue weighted by Crippen LogP contribution is -2.60. The molecule has 3 heterocycles. The van der Waals surface area contributed by atoms with Crippen LogP contribution in [0.25, 0.3) is 10.9 Å². The molecule has 13 nitrogen and oxygen atoms in total. The number of H-pyrrole nitrogens is 1. The van der Waals surface area contributed by atoms with Crippen molar-refractivity contribution in [3.8, 4) is 11.5 Å². The summed E-state index contributed by atoms with van der Waals surface area (Å²) in [6.45, 7) is 10.8. The number of aromatic nitrogens is 2. The number of sulfone groups is 1. The van der Waals surface area contributed by atoms with Gasteiger partial charge in [-0.15, -0.1) is 0 Å². The van der Waals surface area contributed by atoms with Gasteiger partial charge in [-0.25, -0.2) is 13.4 Å². The van der Waals surface area contributed by atoms with Crippen molar-refractivity contribution in [3.05, 3.63) is 130 Å². The van der Waals surface area contributed by atoms with Crippen molar-refractivity contribution in [1.82, 2.24) is 25.1 Å². The van der Waals surface area contributed by atoms with E-state index >= 15 is 0 Å². The number of hydrogen-bond donors (Lipinski definition) is 5. The van der Waals surface area contributed by atoms with E-state index in [9.17, 15) is 28.2 Å². The van der Waals surface area contributed by atoms with Crippen LogP contribution in [-0.4, -0.2) is 82.6 Å². The van der Waals surface area contributed by atoms with Crippen LogP contribution in [0.4, 0.5) is 5.69 Å². The normalized spacial score (nSPS) is 20.7. The fourth-order valence-corrected chi connectivity index (χ4v) is 11.0. The van der Waals surface area contributed by atoms with Crippen LogP contribution in [0.2, 0.25) is 0 Å². The number of nitrogens with one attached hydrogen (secondary N) is 3. The largest absolute Gasteiger partial charge is 0.506 e. The Morgan fingerprint density at radius 2 is 1.71 bits per heavy atom. The van der Waals surface area contributed by atoms with Gasteiger partial charge in [0.05, 0.1) is 22.8 Å². The number of benzene rings is 3. The highest BCUT2D eigenvalue weighted by atomic mass is 32.2. The molecule has 2 bridgehead atoms. The lowest BCUT2D eigenvalue weighted by atomic mass is 9.65. The van der Waals surface area contributed by atoms with Gasteiger partial charge in [-0.3, -0.25) is 19.4 Å². The number of phenolic OH excluding ortho intramolecular Hbond substituents is 1. The van der Waals surface area contributed by atoms with E-state index in [1.165, 1.54) is 75.1 Å². The highest BCUT2D eigenvalue weighted by Crippen LogP contribution is 2.48. The predicted molar refractivity (Wildman–Crippen MR) is 239 cm³/mol. The topological polar surface area (TPSA) is 177 Å². The quantitative estimate of drug-likeness (QED) is 0.0584. The molecular formula is C48H56N6O7S. The lowest BCUT2D eigenvalue weighted by molar-refractivity contribution is -0.112. The molecule has 326 valence electrons. The minimum absolute atomic E-state index is 0.0369. The van der Waals surface area contributed by atoms with Gasteiger partial charge in [0.2, 0.25) is 15.4 Å². The first-order chi connectivity index (χ1) is 29.8. The van der Waals surface area contributed by atoms with E-state index in [0.717, 1.165) is 54.4 Å². The van der Waals surface area contributed by atoms with Crippen LogP contribution in [0.1, 0.15) is 85.4 Å². The van der Waals surface area contributed by atoms with Crippen molar-refractivity contribution < 1.29 is 28.2 Å². The van der Waals surface area contributed by atoms with E-state index in [1.54, 1.807) is 36.5 Å². The van der Waals surface area contributed by atoms with E-state index in [-0.39, 0.29) is 45.1 Å². The van der Waals surface area contributed by atoms with Crippen molar-refractivity contribution in [2.75, 3.05) is 38.0 Å². The van der Waals surface area contributed by atoms with Crippen LogP contribution in [0.3, 0.4) is 0 Å². The number of carbonyl (C=O) groups is 1. The van der Waals surface area contributed by atoms with Gasteiger partial charge in [0.1, 0.15) is 11.5 Å². The summed E-state index contributed by atoms with van der Waals surface area (Å²) in [7, 11) is -3.93. The standard InChI is InChI=1S/C48H56N6O7S/c1-31-25-36(26-32(2)41(31)29-49-30-43(56)39-8-10-42(55)47-40(39)9-11-44(57)52-47)51-45(58)16-24-61-37-5-4-6-38(27-37)62(59,60)46-12-7-35(28-50-46)33(3)53-20-22-54(23-21-53)48-17-13-34(14-18-48)15-19-48/h4-12,16,24-28,33-34,43,49,55-56H,13-15,17-23,29-30H2,1-3H3,(H,51,58)(H,52,57)/t33-,34?,43+,48?/m1/s1. The first-order valence-corrected chi connectivity index (χ1v) is 23.1. The fourth-order valence-electron chi connectivity index (χ4n) is 9.82. The Balaban J connectivity index is 0.819. The maximum atomic E-state index is 13.6. The second-order valence-electron chi connectivity index (χ2n) is 17.2. The zero-order chi connectivity index (χ0) is 43.6. The Bertz CT molecular complexity index is 2590. The molecule has 5 N–H and O–H groups in total. The number of aromatic amines is 1. The number of piperazine rings is 1. The van der Waals surface area contributed by atoms with Crippen molar-refractivity contribution in [2.24, 2.45) is 5.92 Å². The molecule has 4 fully saturated rings. The third kappa shape index (κ3) is 9.20. The molecule has 1 amide bonds. The maximum Gasteiger partial charge on any atom is 0.251 e. The summed E-state index contributed by atoms with van der Waals surface area (Å²) in [5, 5.41) is 27.8. The van der Waals surface area contributed by atoms with Gasteiger partial charge in [-0.05, 0) is 142 Å². The number of nitrogens with zero attached hydrogens (tertiary/aromatic N) is 3. The van der Waals surface area contributed by atoms with Crippen LogP contribution in [-0.2, 0) is 21.2 Å². The molecule has 1 saturated heterocycles. The number of aliphatic hydroxyl groups is 1. The van der Waals surface area contributed by atoms with Gasteiger partial charge in [0, 0.05) is 80.3 Å². The average molecular weight is 861 g/mol. The summed E-state index contributed by atoms with van der Waals surface area (Å²) < 4.78 is 33.0. The molecule has 2 aromatic heterocycles. The van der Waals surface area contributed by atoms with E-state index in [1.807, 2.05) is 32.0 Å². The van der Waals surface area contributed by atoms with E-state index < -0.39 is 21.8 Å². The van der Waals surface area contributed by atoms with Crippen molar-refractivity contribution in [1.29, 1.82) is 0 Å². The predicted octanol–water partition coefficient (Wildman–Crippen LogP) is 6.83. The molecule has 0 spiro atoms. The summed E-state index contributed by atoms with van der Waals surface area (Å²) in [5.74, 6) is 0.707. The van der Waals surface area contributed by atoms with Gasteiger partial charge >= 0.3 is 0 Å². The summed E-state index contributed by atoms with van der Waals surface area (Å²) in [5.41, 5.74) is 5.37. The molecule has 0 unspecified atom stereocenters. The molecule has 14 heteroatoms. The van der Waals surface area contributed by atoms with Crippen LogP contribution in [0, 0.1) is 19.8 Å². The molecule has 0 radical (unpaired) electrons. The summed E-state index contributed by atoms with van der Waals surface area (Å²) >= 11 is 0. The second-order valence-corrected chi connectivity index (χ2v) is 19.1. The zero-order valence-corrected chi connectivity index (χ0v) is 36.4. The number of aryl methyl sites for hydroxylation is 2. The first-order valence-electron chi connectivity index (χ1n) is 21.6. The first kappa shape index (κ1) is 43.3. The van der Waals surface area contributed by atoms with Crippen LogP contribution in [0.15, 0.2) is 106 Å². The van der Waals surface area contributed by atoms with E-state index in [0.29, 0.717) is 28.7 Å². The van der Waals surface area contributed by atoms with Gasteiger partial charge in [0.25, 0.3) is 5.91 Å². The number of rotatable bonds is 14. The van der Waals surface area contributed by atoms with Crippen LogP contribution < -0.4 is 20.9 Å². The molecule has 3 aromatic carbocycles. The van der Waals surface area contributed by atoms with E-state index in [2.05, 4.69) is 37.3 Å². The third-order valence-corrected chi connectivity index (χ3v) is 15.2. The average Bonchev–Trinajstić information content (AvgIpc) is 3.28. The third-order valence-electron chi connectivity index (χ3n) is 13.5. The van der Waals surface area contributed by atoms with Gasteiger partial charge in [0.15, 0.2) is 5.03 Å². The number of aromatic hydroxyl groups is 1. The lowest BCUT2D eigenvalue weighted by Gasteiger charge is -2.55. The van der Waals surface area contributed by atoms with E-state index in [4.69, 9.17) is 4.74 Å². The molecule has 1 aliphatic heterocycles. The molecule has 62 heavy (non-hydrogen) atoms. The molecule has 5 aromatic rings. The highest BCUT2D eigenvalue weighted by Gasteiger charge is 2.45. The smallest absolute Gasteiger partial charge is 0.251 e. The number of fused-ring (bicyclic) bond motifs is 4. The van der Waals surface area contributed by atoms with Crippen molar-refractivity contribution in [2.45, 2.75) is 93.4 Å². The number of pyridine rings is 2. The van der Waals surface area contributed by atoms with Crippen LogP contribution in [0.5, 0.6) is 11.5 Å². The molecule has 3 aliphatic carbocycles. The fraction of sp³-hybridized carbons (Fsp3) is 0.396. The minimum atomic E-state index is -3.93. The number of carbonyl (C=O) groups excluding carboxylic acids is 1. The number of phenols is 1. The maximum absolute atomic E-state index is 13.6. The minimum Gasteiger partial charge on any atom is -0.506 e. The molecular weight excluding hydrogens is 805 g/mol. The van der Waals surface area contributed by atoms with Gasteiger partial charge < -0.3 is 30.6 Å². The Morgan fingerprint density at radius 3 is 2.40 bits per heavy atom. The number of anilines is 1. The molecule has 4 aliphatic rings. The van der Waals surface area contributed by atoms with Crippen molar-refractivity contribution >= 4 is 32.3 Å². The summed E-state index contributed by atoms with van der Waals surface area (Å²) in [6.07, 6.45) is 11.4. The summed E-state index contributed by atoms with van der Waals surface area (Å²) in [4.78, 5) is 36.9. The Morgan fingerprint density at radius 1 is 0.984 bits per heavy atom. The Hall–Kier alpha value is -5.38. The van der Waals surface area contributed by atoms with Gasteiger partial charge in [-0.2, -0.15) is 0 Å². The number of amides is 1. The second kappa shape index (κ2) is 18.1. The molecule has 3 saturated carbocycles. The van der Waals surface area contributed by atoms with Gasteiger partial charge in [-0.1, -0.05) is 18.2 Å². The highest BCUT2D eigenvalue weighted by molar-refractivity contribution is 7.91. The number of ether oxygens (including phenoxy) is 1. The Labute approximate surface area is 362 Å². The van der Waals surface area contributed by atoms with Crippen LogP contribution >= 0.6 is 0 Å². The SMILES string of the molecule is Cc1cc(NC(=O)C=COc2cccc(S(=O)(=O)c3ccc([C@@H](C)N4CCN(C56CCC(CC5)CC6)CC4)cn3)c2)cc(C)c1CNC[C@H](O)c1ccc(O)c2[nH]c(=O)ccc12. The molecule has 2 atom stereocenters. The molecule has 9 rings (SSSR count). The number of aliphatic hydroxyl groups excluding tert-OH is 1. The zero-order valence-electron chi connectivity index (χ0n) is 35.6. The van der Waals surface area contributed by atoms with Crippen molar-refractivity contribution in [3.63, 3.8) is 0 Å².